The van der Waals surface area contributed by atoms with Gasteiger partial charge in [0.1, 0.15) is 0 Å². The first-order chi connectivity index (χ1) is 10.1. The fourth-order valence-electron chi connectivity index (χ4n) is 1.46. The van der Waals surface area contributed by atoms with Gasteiger partial charge >= 0.3 is 5.51 Å². The molecule has 0 aliphatic rings. The molecule has 0 aliphatic carbocycles. The molecule has 0 bridgehead atoms. The first-order valence-electron chi connectivity index (χ1n) is 6.17. The van der Waals surface area contributed by atoms with E-state index in [4.69, 9.17) is 13.0 Å². The number of halogens is 3. The fraction of sp³-hybridized carbons (Fsp3) is 0.214. The van der Waals surface area contributed by atoms with Gasteiger partial charge in [-0.25, -0.2) is 8.42 Å². The molecule has 1 aromatic carbocycles. The number of hydrogen-bond donors (Lipinski definition) is 0. The summed E-state index contributed by atoms with van der Waals surface area (Å²) in [6.07, 6.45) is 2.93. The van der Waals surface area contributed by atoms with E-state index in [2.05, 4.69) is 36.2 Å². The molecule has 1 heterocycles. The Labute approximate surface area is 136 Å². The highest BCUT2D eigenvalue weighted by Gasteiger charge is 2.36. The van der Waals surface area contributed by atoms with Gasteiger partial charge in [0.25, 0.3) is 0 Å². The van der Waals surface area contributed by atoms with Gasteiger partial charge in [0.05, 0.1) is 5.69 Å². The van der Waals surface area contributed by atoms with Crippen molar-refractivity contribution >= 4 is 20.0 Å². The fourth-order valence-corrected chi connectivity index (χ4v) is 1.46. The highest BCUT2D eigenvalue weighted by atomic mass is 32.2. The number of aryl methyl sites for hydroxylation is 1. The van der Waals surface area contributed by atoms with Gasteiger partial charge in [-0.2, -0.15) is 13.2 Å². The van der Waals surface area contributed by atoms with Crippen LogP contribution in [0.1, 0.15) is 12.5 Å². The number of nitrogens with zero attached hydrogens (tertiary/aromatic N) is 1. The van der Waals surface area contributed by atoms with Crippen LogP contribution in [0.5, 0.6) is 0 Å². The van der Waals surface area contributed by atoms with Crippen molar-refractivity contribution in [3.63, 3.8) is 0 Å². The Bertz CT molecular complexity index is 707. The lowest BCUT2D eigenvalue weighted by molar-refractivity contribution is -0.0517. The van der Waals surface area contributed by atoms with E-state index in [1.54, 1.807) is 0 Å². The first kappa shape index (κ1) is 21.5. The molecule has 1 aromatic heterocycles. The van der Waals surface area contributed by atoms with E-state index in [1.165, 1.54) is 11.1 Å². The summed E-state index contributed by atoms with van der Waals surface area (Å²) in [7, 11) is -6.09. The summed E-state index contributed by atoms with van der Waals surface area (Å²) in [4.78, 5) is 4.36. The number of aromatic nitrogens is 1. The number of hydrogen-bond acceptors (Lipinski definition) is 4. The van der Waals surface area contributed by atoms with Crippen LogP contribution in [0.25, 0.3) is 11.3 Å². The Balaban J connectivity index is 0.000000469. The summed E-state index contributed by atoms with van der Waals surface area (Å²) in [5.41, 5.74) is -2.07. The van der Waals surface area contributed by atoms with Crippen LogP contribution in [0.2, 0.25) is 0 Å². The maximum Gasteiger partial charge on any atom is 0.485 e. The van der Waals surface area contributed by atoms with Crippen molar-refractivity contribution in [1.82, 2.24) is 4.98 Å². The molecule has 4 nitrogen and oxygen atoms in total. The van der Waals surface area contributed by atoms with Crippen molar-refractivity contribution in [2.45, 2.75) is 18.9 Å². The second-order valence-corrected chi connectivity index (χ2v) is 5.54. The van der Waals surface area contributed by atoms with Gasteiger partial charge in [-0.1, -0.05) is 37.3 Å². The zero-order valence-electron chi connectivity index (χ0n) is 12.5. The Morgan fingerprint density at radius 1 is 1.13 bits per heavy atom. The molecular formula is C14H17F3NO3PS. The Hall–Kier alpha value is -1.50. The van der Waals surface area contributed by atoms with E-state index in [0.29, 0.717) is 0 Å². The Kier molecular flexibility index (Phi) is 8.37. The summed E-state index contributed by atoms with van der Waals surface area (Å²) in [6, 6.07) is 14.5. The topological polar surface area (TPSA) is 70.1 Å². The summed E-state index contributed by atoms with van der Waals surface area (Å²) in [5.74, 6) is 0. The maximum absolute atomic E-state index is 10.7. The summed E-state index contributed by atoms with van der Waals surface area (Å²) < 4.78 is 58.9. The van der Waals surface area contributed by atoms with Crippen LogP contribution >= 0.6 is 9.90 Å². The van der Waals surface area contributed by atoms with Crippen molar-refractivity contribution in [3.05, 3.63) is 54.2 Å². The molecule has 1 atom stereocenters. The highest BCUT2D eigenvalue weighted by Crippen LogP contribution is 2.20. The van der Waals surface area contributed by atoms with Crippen LogP contribution in [0.3, 0.4) is 0 Å². The molecule has 2 aromatic rings. The lowest BCUT2D eigenvalue weighted by atomic mass is 10.1. The van der Waals surface area contributed by atoms with Crippen LogP contribution in [0.15, 0.2) is 48.7 Å². The van der Waals surface area contributed by atoms with E-state index in [1.807, 2.05) is 24.4 Å². The van der Waals surface area contributed by atoms with Crippen LogP contribution < -0.4 is 0 Å². The molecule has 0 radical (unpaired) electrons. The predicted octanol–water partition coefficient (Wildman–Crippen LogP) is 3.15. The molecule has 0 spiro atoms. The third-order valence-corrected chi connectivity index (χ3v) is 3.15. The number of pyridine rings is 1. The summed E-state index contributed by atoms with van der Waals surface area (Å²) in [5, 5.41) is 0. The zero-order chi connectivity index (χ0) is 16.8. The highest BCUT2D eigenvalue weighted by molar-refractivity contribution is 7.86. The average molecular weight is 367 g/mol. The standard InChI is InChI=1S/C13H13N.CHF3O3S.H3P/c1-2-11-8-9-14-13(10-11)12-6-4-3-5-7-12;2-1(3,4)8(5,6)7;/h3-10H,2H2,1H3;(H,5,6,7);1H3. The number of rotatable bonds is 2. The minimum Gasteiger partial charge on any atom is -0.741 e. The first-order valence-corrected chi connectivity index (χ1v) is 7.58. The van der Waals surface area contributed by atoms with Gasteiger partial charge in [-0.05, 0) is 34.0 Å². The van der Waals surface area contributed by atoms with Crippen molar-refractivity contribution in [1.29, 1.82) is 0 Å². The molecule has 9 heteroatoms. The van der Waals surface area contributed by atoms with Gasteiger partial charge < -0.3 is 4.55 Å². The molecule has 0 saturated heterocycles. The number of alkyl halides is 3. The maximum atomic E-state index is 10.7. The second-order valence-electron chi connectivity index (χ2n) is 4.17. The minimum atomic E-state index is -6.09. The van der Waals surface area contributed by atoms with E-state index >= 15 is 0 Å². The van der Waals surface area contributed by atoms with Gasteiger partial charge in [-0.3, -0.25) is 4.98 Å². The van der Waals surface area contributed by atoms with Gasteiger partial charge in [0, 0.05) is 11.8 Å². The minimum absolute atomic E-state index is 0. The van der Waals surface area contributed by atoms with Crippen LogP contribution in [-0.2, 0) is 16.5 Å². The smallest absolute Gasteiger partial charge is 0.485 e. The molecule has 23 heavy (non-hydrogen) atoms. The zero-order valence-corrected chi connectivity index (χ0v) is 15.4. The normalized spacial score (nSPS) is 11.0. The van der Waals surface area contributed by atoms with Crippen molar-refractivity contribution < 1.29 is 26.1 Å². The average Bonchev–Trinajstić information content (AvgIpc) is 2.47. The lowest BCUT2D eigenvalue weighted by Crippen LogP contribution is -2.21. The van der Waals surface area contributed by atoms with Crippen molar-refractivity contribution in [2.75, 3.05) is 0 Å². The quantitative estimate of drug-likeness (QED) is 0.464. The van der Waals surface area contributed by atoms with E-state index in [-0.39, 0.29) is 9.90 Å². The molecule has 0 amide bonds. The molecular weight excluding hydrogens is 350 g/mol. The molecule has 0 fully saturated rings. The third-order valence-electron chi connectivity index (χ3n) is 2.59. The van der Waals surface area contributed by atoms with E-state index in [0.717, 1.165) is 12.1 Å². The molecule has 0 N–H and O–H groups in total. The molecule has 128 valence electrons. The van der Waals surface area contributed by atoms with Crippen molar-refractivity contribution in [2.24, 2.45) is 0 Å². The van der Waals surface area contributed by atoms with E-state index in [9.17, 15) is 13.2 Å². The predicted molar refractivity (Wildman–Crippen MR) is 87.3 cm³/mol. The van der Waals surface area contributed by atoms with Crippen LogP contribution in [-0.4, -0.2) is 23.5 Å². The SMILES string of the molecule is CCc1ccnc(-c2ccccc2)c1.O=S(=O)([O-])C(F)(F)F.[PH4+]. The van der Waals surface area contributed by atoms with Gasteiger partial charge in [-0.15, -0.1) is 0 Å². The lowest BCUT2D eigenvalue weighted by Gasteiger charge is -2.08. The summed E-state index contributed by atoms with van der Waals surface area (Å²) in [6.45, 7) is 2.16. The van der Waals surface area contributed by atoms with Crippen molar-refractivity contribution in [3.8, 4) is 11.3 Å². The van der Waals surface area contributed by atoms with Gasteiger partial charge in [0.15, 0.2) is 10.1 Å². The molecule has 1 unspecified atom stereocenters. The van der Waals surface area contributed by atoms with Gasteiger partial charge in [0.2, 0.25) is 0 Å². The number of benzene rings is 1. The monoisotopic (exact) mass is 367 g/mol. The van der Waals surface area contributed by atoms with E-state index < -0.39 is 15.6 Å². The summed E-state index contributed by atoms with van der Waals surface area (Å²) >= 11 is 0. The largest absolute Gasteiger partial charge is 0.741 e. The Morgan fingerprint density at radius 3 is 2.09 bits per heavy atom. The van der Waals surface area contributed by atoms with Crippen LogP contribution in [0, 0.1) is 0 Å². The molecule has 2 rings (SSSR count). The molecule has 0 saturated carbocycles. The van der Waals surface area contributed by atoms with Crippen LogP contribution in [0.4, 0.5) is 13.2 Å². The Morgan fingerprint density at radius 2 is 1.65 bits per heavy atom. The molecule has 0 aliphatic heterocycles. The third kappa shape index (κ3) is 7.07. The second kappa shape index (κ2) is 8.96.